The summed E-state index contributed by atoms with van der Waals surface area (Å²) in [6.45, 7) is 10.8. The summed E-state index contributed by atoms with van der Waals surface area (Å²) in [4.78, 5) is 18.8. The summed E-state index contributed by atoms with van der Waals surface area (Å²) in [5, 5.41) is 9.45. The predicted molar refractivity (Wildman–Crippen MR) is 121 cm³/mol. The fraction of sp³-hybridized carbons (Fsp3) is 0.895. The maximum Gasteiger partial charge on any atom is 0.242 e. The maximum atomic E-state index is 11.9. The average molecular weight is 481 g/mol. The molecule has 0 unspecified atom stereocenters. The summed E-state index contributed by atoms with van der Waals surface area (Å²) in [6.07, 6.45) is 7.92. The Hall–Kier alpha value is -0.570. The van der Waals surface area contributed by atoms with E-state index in [9.17, 15) is 4.79 Å². The Morgan fingerprint density at radius 2 is 1.81 bits per heavy atom. The van der Waals surface area contributed by atoms with Gasteiger partial charge >= 0.3 is 0 Å². The molecule has 1 amide bonds. The molecule has 6 nitrogen and oxygen atoms in total. The molecule has 0 aliphatic heterocycles. The summed E-state index contributed by atoms with van der Waals surface area (Å²) in [5.41, 5.74) is -0.220. The zero-order valence-corrected chi connectivity index (χ0v) is 19.7. The quantitative estimate of drug-likeness (QED) is 0.216. The third kappa shape index (κ3) is 11.9. The number of nitrogens with one attached hydrogen (secondary N) is 3. The maximum absolute atomic E-state index is 11.9. The third-order valence-corrected chi connectivity index (χ3v) is 4.42. The highest BCUT2D eigenvalue weighted by atomic mass is 127. The van der Waals surface area contributed by atoms with Crippen molar-refractivity contribution in [2.45, 2.75) is 77.8 Å². The van der Waals surface area contributed by atoms with Crippen LogP contribution in [0.15, 0.2) is 4.99 Å². The van der Waals surface area contributed by atoms with Gasteiger partial charge in [-0.1, -0.05) is 19.3 Å². The van der Waals surface area contributed by atoms with Gasteiger partial charge in [0.15, 0.2) is 5.96 Å². The van der Waals surface area contributed by atoms with Crippen molar-refractivity contribution in [1.29, 1.82) is 0 Å². The van der Waals surface area contributed by atoms with E-state index in [0.717, 1.165) is 32.1 Å². The van der Waals surface area contributed by atoms with E-state index in [2.05, 4.69) is 32.9 Å². The highest BCUT2D eigenvalue weighted by Crippen LogP contribution is 2.21. The van der Waals surface area contributed by atoms with Crippen LogP contribution in [0.4, 0.5) is 0 Å². The van der Waals surface area contributed by atoms with Crippen LogP contribution >= 0.6 is 24.0 Å². The van der Waals surface area contributed by atoms with Crippen LogP contribution in [0, 0.1) is 0 Å². The van der Waals surface area contributed by atoms with Crippen molar-refractivity contribution < 1.29 is 4.79 Å². The Morgan fingerprint density at radius 1 is 1.15 bits per heavy atom. The Labute approximate surface area is 177 Å². The minimum absolute atomic E-state index is 0. The Morgan fingerprint density at radius 3 is 2.38 bits per heavy atom. The lowest BCUT2D eigenvalue weighted by atomic mass is 9.94. The van der Waals surface area contributed by atoms with Gasteiger partial charge in [-0.3, -0.25) is 4.79 Å². The van der Waals surface area contributed by atoms with Gasteiger partial charge in [-0.2, -0.15) is 0 Å². The van der Waals surface area contributed by atoms with Gasteiger partial charge in [0.2, 0.25) is 5.91 Å². The lowest BCUT2D eigenvalue weighted by Gasteiger charge is -2.31. The van der Waals surface area contributed by atoms with Crippen molar-refractivity contribution in [3.8, 4) is 0 Å². The smallest absolute Gasteiger partial charge is 0.242 e. The lowest BCUT2D eigenvalue weighted by molar-refractivity contribution is -0.121. The molecule has 0 radical (unpaired) electrons. The highest BCUT2D eigenvalue weighted by molar-refractivity contribution is 14.0. The molecule has 1 rings (SSSR count). The Kier molecular flexibility index (Phi) is 13.3. The summed E-state index contributed by atoms with van der Waals surface area (Å²) in [6, 6.07) is 0.761. The molecular weight excluding hydrogens is 441 g/mol. The SMILES string of the molecule is CCNC(=NCC(=O)NC(C)(C)C)NCCCN(C)C1CCCCC1.I. The predicted octanol–water partition coefficient (Wildman–Crippen LogP) is 2.73. The van der Waals surface area contributed by atoms with Crippen LogP contribution < -0.4 is 16.0 Å². The highest BCUT2D eigenvalue weighted by Gasteiger charge is 2.17. The molecule has 0 aromatic rings. The second-order valence-electron chi connectivity index (χ2n) is 8.05. The normalized spacial score (nSPS) is 16.2. The number of hydrogen-bond acceptors (Lipinski definition) is 3. The molecule has 26 heavy (non-hydrogen) atoms. The first-order valence-electron chi connectivity index (χ1n) is 9.85. The van der Waals surface area contributed by atoms with E-state index in [4.69, 9.17) is 0 Å². The molecule has 1 saturated carbocycles. The van der Waals surface area contributed by atoms with Gasteiger partial charge in [-0.15, -0.1) is 24.0 Å². The monoisotopic (exact) mass is 481 g/mol. The minimum atomic E-state index is -0.220. The van der Waals surface area contributed by atoms with Gasteiger partial charge in [0.1, 0.15) is 6.54 Å². The first-order chi connectivity index (χ1) is 11.8. The topological polar surface area (TPSA) is 68.8 Å². The molecular formula is C19H40IN5O. The van der Waals surface area contributed by atoms with Crippen molar-refractivity contribution >= 4 is 35.8 Å². The summed E-state index contributed by atoms with van der Waals surface area (Å²) >= 11 is 0. The van der Waals surface area contributed by atoms with Crippen molar-refractivity contribution in [3.05, 3.63) is 0 Å². The van der Waals surface area contributed by atoms with Crippen LogP contribution in [0.25, 0.3) is 0 Å². The molecule has 154 valence electrons. The second-order valence-corrected chi connectivity index (χ2v) is 8.05. The fourth-order valence-electron chi connectivity index (χ4n) is 3.19. The van der Waals surface area contributed by atoms with E-state index >= 15 is 0 Å². The molecule has 1 aliphatic carbocycles. The van der Waals surface area contributed by atoms with Crippen LogP contribution in [0.5, 0.6) is 0 Å². The number of rotatable bonds is 8. The molecule has 0 atom stereocenters. The number of halogens is 1. The van der Waals surface area contributed by atoms with Crippen LogP contribution in [-0.4, -0.2) is 61.6 Å². The van der Waals surface area contributed by atoms with Crippen molar-refractivity contribution in [3.63, 3.8) is 0 Å². The third-order valence-electron chi connectivity index (χ3n) is 4.42. The van der Waals surface area contributed by atoms with E-state index in [1.54, 1.807) is 0 Å². The van der Waals surface area contributed by atoms with Crippen molar-refractivity contribution in [1.82, 2.24) is 20.9 Å². The molecule has 0 heterocycles. The molecule has 0 aromatic carbocycles. The molecule has 7 heteroatoms. The van der Waals surface area contributed by atoms with Gasteiger partial charge < -0.3 is 20.9 Å². The zero-order chi connectivity index (χ0) is 18.7. The molecule has 0 saturated heterocycles. The first-order valence-corrected chi connectivity index (χ1v) is 9.85. The number of amides is 1. The number of aliphatic imine (C=N–C) groups is 1. The van der Waals surface area contributed by atoms with Gasteiger partial charge in [0.05, 0.1) is 0 Å². The molecule has 0 bridgehead atoms. The van der Waals surface area contributed by atoms with Crippen LogP contribution in [0.2, 0.25) is 0 Å². The summed E-state index contributed by atoms with van der Waals surface area (Å²) in [5.74, 6) is 0.661. The van der Waals surface area contributed by atoms with Gasteiger partial charge in [0, 0.05) is 24.7 Å². The number of guanidine groups is 1. The van der Waals surface area contributed by atoms with E-state index in [-0.39, 0.29) is 42.0 Å². The lowest BCUT2D eigenvalue weighted by Crippen LogP contribution is -2.43. The molecule has 0 spiro atoms. The van der Waals surface area contributed by atoms with Crippen molar-refractivity contribution in [2.75, 3.05) is 33.2 Å². The number of carbonyl (C=O) groups is 1. The second kappa shape index (κ2) is 13.6. The van der Waals surface area contributed by atoms with Gasteiger partial charge in [-0.05, 0) is 60.5 Å². The molecule has 1 fully saturated rings. The zero-order valence-electron chi connectivity index (χ0n) is 17.4. The Balaban J connectivity index is 0.00000625. The molecule has 0 aromatic heterocycles. The summed E-state index contributed by atoms with van der Waals surface area (Å²) < 4.78 is 0. The largest absolute Gasteiger partial charge is 0.357 e. The van der Waals surface area contributed by atoms with Crippen molar-refractivity contribution in [2.24, 2.45) is 4.99 Å². The Bertz CT molecular complexity index is 417. The average Bonchev–Trinajstić information content (AvgIpc) is 2.55. The molecule has 3 N–H and O–H groups in total. The molecule has 1 aliphatic rings. The van der Waals surface area contributed by atoms with E-state index < -0.39 is 0 Å². The van der Waals surface area contributed by atoms with Gasteiger partial charge in [-0.25, -0.2) is 4.99 Å². The number of carbonyl (C=O) groups excluding carboxylic acids is 1. The van der Waals surface area contributed by atoms with E-state index in [0.29, 0.717) is 5.96 Å². The fourth-order valence-corrected chi connectivity index (χ4v) is 3.19. The number of nitrogens with zero attached hydrogens (tertiary/aromatic N) is 2. The van der Waals surface area contributed by atoms with E-state index in [1.807, 2.05) is 27.7 Å². The first kappa shape index (κ1) is 25.4. The number of hydrogen-bond donors (Lipinski definition) is 3. The van der Waals surface area contributed by atoms with Crippen LogP contribution in [0.1, 0.15) is 66.2 Å². The summed E-state index contributed by atoms with van der Waals surface area (Å²) in [7, 11) is 2.24. The standard InChI is InChI=1S/C19H39N5O.HI/c1-6-20-18(22-15-17(25)23-19(2,3)4)21-13-10-14-24(5)16-11-8-7-9-12-16;/h16H,6-15H2,1-5H3,(H,23,25)(H2,20,21,22);1H. The van der Waals surface area contributed by atoms with E-state index in [1.165, 1.54) is 32.1 Å². The minimum Gasteiger partial charge on any atom is -0.357 e. The van der Waals surface area contributed by atoms with Gasteiger partial charge in [0.25, 0.3) is 0 Å². The van der Waals surface area contributed by atoms with Crippen LogP contribution in [-0.2, 0) is 4.79 Å². The van der Waals surface area contributed by atoms with Crippen LogP contribution in [0.3, 0.4) is 0 Å².